The summed E-state index contributed by atoms with van der Waals surface area (Å²) in [6, 6.07) is 20.9. The predicted molar refractivity (Wildman–Crippen MR) is 134 cm³/mol. The number of rotatable bonds is 11. The molecule has 0 fully saturated rings. The second kappa shape index (κ2) is 13.2. The normalized spacial score (nSPS) is 10.6. The minimum Gasteiger partial charge on any atom is -0.494 e. The highest BCUT2D eigenvalue weighted by atomic mass is 79.9. The van der Waals surface area contributed by atoms with E-state index >= 15 is 0 Å². The van der Waals surface area contributed by atoms with Crippen molar-refractivity contribution in [1.29, 1.82) is 0 Å². The molecular formula is C26H25BrN2O5. The van der Waals surface area contributed by atoms with E-state index in [0.717, 1.165) is 23.1 Å². The fourth-order valence-electron chi connectivity index (χ4n) is 2.77. The Morgan fingerprint density at radius 3 is 2.38 bits per heavy atom. The Hall–Kier alpha value is -3.65. The summed E-state index contributed by atoms with van der Waals surface area (Å²) >= 11 is 3.38. The smallest absolute Gasteiger partial charge is 0.343 e. The van der Waals surface area contributed by atoms with E-state index < -0.39 is 11.9 Å². The van der Waals surface area contributed by atoms with Gasteiger partial charge in [-0.15, -0.1) is 0 Å². The SMILES string of the molecule is CCCCOc1ccc(OCC(=O)N/N=C/c2cc(Br)ccc2OC(=O)c2ccccc2)cc1. The van der Waals surface area contributed by atoms with Crippen LogP contribution in [0.1, 0.15) is 35.7 Å². The van der Waals surface area contributed by atoms with Gasteiger partial charge in [0.1, 0.15) is 17.2 Å². The van der Waals surface area contributed by atoms with Gasteiger partial charge in [-0.2, -0.15) is 5.10 Å². The lowest BCUT2D eigenvalue weighted by atomic mass is 10.2. The number of carbonyl (C=O) groups is 2. The molecule has 0 bridgehead atoms. The van der Waals surface area contributed by atoms with Gasteiger partial charge in [0.25, 0.3) is 5.91 Å². The van der Waals surface area contributed by atoms with Gasteiger partial charge in [0, 0.05) is 10.0 Å². The van der Waals surface area contributed by atoms with E-state index in [1.165, 1.54) is 6.21 Å². The van der Waals surface area contributed by atoms with Crippen molar-refractivity contribution < 1.29 is 23.8 Å². The first-order valence-electron chi connectivity index (χ1n) is 10.8. The molecule has 0 heterocycles. The number of benzene rings is 3. The van der Waals surface area contributed by atoms with Crippen molar-refractivity contribution in [2.75, 3.05) is 13.2 Å². The highest BCUT2D eigenvalue weighted by Crippen LogP contribution is 2.23. The fourth-order valence-corrected chi connectivity index (χ4v) is 3.15. The Balaban J connectivity index is 1.52. The lowest BCUT2D eigenvalue weighted by Gasteiger charge is -2.09. The van der Waals surface area contributed by atoms with Crippen LogP contribution in [0.25, 0.3) is 0 Å². The molecule has 1 N–H and O–H groups in total. The lowest BCUT2D eigenvalue weighted by Crippen LogP contribution is -2.24. The number of halogens is 1. The molecule has 0 saturated heterocycles. The number of amides is 1. The number of ether oxygens (including phenoxy) is 3. The molecule has 0 saturated carbocycles. The highest BCUT2D eigenvalue weighted by Gasteiger charge is 2.11. The quantitative estimate of drug-likeness (QED) is 0.120. The second-order valence-corrected chi connectivity index (χ2v) is 8.11. The van der Waals surface area contributed by atoms with E-state index in [1.54, 1.807) is 66.7 Å². The van der Waals surface area contributed by atoms with Crippen molar-refractivity contribution in [3.8, 4) is 17.2 Å². The molecule has 34 heavy (non-hydrogen) atoms. The highest BCUT2D eigenvalue weighted by molar-refractivity contribution is 9.10. The molecule has 0 radical (unpaired) electrons. The molecule has 0 spiro atoms. The summed E-state index contributed by atoms with van der Waals surface area (Å²) in [4.78, 5) is 24.5. The van der Waals surface area contributed by atoms with Crippen LogP contribution >= 0.6 is 15.9 Å². The summed E-state index contributed by atoms with van der Waals surface area (Å²) in [6.07, 6.45) is 3.47. The number of nitrogens with zero attached hydrogens (tertiary/aromatic N) is 1. The van der Waals surface area contributed by atoms with Crippen molar-refractivity contribution in [3.05, 3.63) is 88.4 Å². The van der Waals surface area contributed by atoms with Crippen molar-refractivity contribution in [2.45, 2.75) is 19.8 Å². The van der Waals surface area contributed by atoms with Crippen molar-refractivity contribution in [3.63, 3.8) is 0 Å². The molecule has 3 aromatic carbocycles. The van der Waals surface area contributed by atoms with E-state index in [1.807, 2.05) is 6.07 Å². The van der Waals surface area contributed by atoms with Crippen LogP contribution in [-0.4, -0.2) is 31.3 Å². The first kappa shape index (κ1) is 25.0. The molecule has 8 heteroatoms. The number of esters is 1. The lowest BCUT2D eigenvalue weighted by molar-refractivity contribution is -0.123. The zero-order valence-electron chi connectivity index (χ0n) is 18.7. The Bertz CT molecular complexity index is 1120. The summed E-state index contributed by atoms with van der Waals surface area (Å²) in [7, 11) is 0. The zero-order chi connectivity index (χ0) is 24.2. The Kier molecular flexibility index (Phi) is 9.66. The number of carbonyl (C=O) groups excluding carboxylic acids is 2. The van der Waals surface area contributed by atoms with Gasteiger partial charge in [-0.3, -0.25) is 4.79 Å². The minimum absolute atomic E-state index is 0.207. The van der Waals surface area contributed by atoms with E-state index in [0.29, 0.717) is 29.2 Å². The summed E-state index contributed by atoms with van der Waals surface area (Å²) in [6.45, 7) is 2.57. The van der Waals surface area contributed by atoms with Crippen LogP contribution in [0.15, 0.2) is 82.4 Å². The number of nitrogens with one attached hydrogen (secondary N) is 1. The maximum Gasteiger partial charge on any atom is 0.343 e. The minimum atomic E-state index is -0.489. The van der Waals surface area contributed by atoms with Crippen LogP contribution in [0.4, 0.5) is 0 Å². The molecule has 3 rings (SSSR count). The van der Waals surface area contributed by atoms with Gasteiger partial charge >= 0.3 is 5.97 Å². The van der Waals surface area contributed by atoms with E-state index in [-0.39, 0.29) is 6.61 Å². The van der Waals surface area contributed by atoms with Gasteiger partial charge in [0.2, 0.25) is 0 Å². The number of hydrogen-bond donors (Lipinski definition) is 1. The molecule has 0 aliphatic rings. The van der Waals surface area contributed by atoms with Crippen LogP contribution in [-0.2, 0) is 4.79 Å². The third kappa shape index (κ3) is 8.04. The number of unbranched alkanes of at least 4 members (excludes halogenated alkanes) is 1. The predicted octanol–water partition coefficient (Wildman–Crippen LogP) is 5.38. The summed E-state index contributed by atoms with van der Waals surface area (Å²) in [5.74, 6) is 0.693. The van der Waals surface area contributed by atoms with Crippen molar-refractivity contribution >= 4 is 34.0 Å². The van der Waals surface area contributed by atoms with E-state index in [2.05, 4.69) is 33.4 Å². The zero-order valence-corrected chi connectivity index (χ0v) is 20.3. The topological polar surface area (TPSA) is 86.2 Å². The molecule has 0 unspecified atom stereocenters. The van der Waals surface area contributed by atoms with E-state index in [4.69, 9.17) is 14.2 Å². The van der Waals surface area contributed by atoms with Gasteiger partial charge in [-0.1, -0.05) is 47.5 Å². The average molecular weight is 525 g/mol. The number of hydrogen-bond acceptors (Lipinski definition) is 6. The van der Waals surface area contributed by atoms with Gasteiger partial charge in [-0.25, -0.2) is 10.2 Å². The van der Waals surface area contributed by atoms with Crippen LogP contribution in [0.5, 0.6) is 17.2 Å². The molecule has 176 valence electrons. The molecule has 0 aliphatic heterocycles. The summed E-state index contributed by atoms with van der Waals surface area (Å²) < 4.78 is 17.3. The van der Waals surface area contributed by atoms with Crippen LogP contribution in [0, 0.1) is 0 Å². The standard InChI is InChI=1S/C26H25BrN2O5/c1-2-3-15-32-22-10-12-23(13-11-22)33-18-25(30)29-28-17-20-16-21(27)9-14-24(20)34-26(31)19-7-5-4-6-8-19/h4-14,16-17H,2-3,15,18H2,1H3,(H,29,30)/b28-17+. The van der Waals surface area contributed by atoms with E-state index in [9.17, 15) is 9.59 Å². The summed E-state index contributed by atoms with van der Waals surface area (Å²) in [5.41, 5.74) is 3.35. The summed E-state index contributed by atoms with van der Waals surface area (Å²) in [5, 5.41) is 3.95. The van der Waals surface area contributed by atoms with Crippen LogP contribution in [0.2, 0.25) is 0 Å². The molecule has 0 aromatic heterocycles. The third-order valence-electron chi connectivity index (χ3n) is 4.54. The maximum absolute atomic E-state index is 12.4. The first-order chi connectivity index (χ1) is 16.5. The molecule has 1 amide bonds. The molecule has 0 atom stereocenters. The van der Waals surface area contributed by atoms with Crippen molar-refractivity contribution in [2.24, 2.45) is 5.10 Å². The van der Waals surface area contributed by atoms with Gasteiger partial charge in [0.15, 0.2) is 6.61 Å². The van der Waals surface area contributed by atoms with Gasteiger partial charge in [-0.05, 0) is 61.0 Å². The first-order valence-corrected chi connectivity index (χ1v) is 11.6. The molecule has 0 aliphatic carbocycles. The van der Waals surface area contributed by atoms with Crippen molar-refractivity contribution in [1.82, 2.24) is 5.43 Å². The number of hydrazone groups is 1. The van der Waals surface area contributed by atoms with Crippen LogP contribution < -0.4 is 19.6 Å². The Labute approximate surface area is 206 Å². The fraction of sp³-hybridized carbons (Fsp3) is 0.192. The van der Waals surface area contributed by atoms with Gasteiger partial charge in [0.05, 0.1) is 18.4 Å². The second-order valence-electron chi connectivity index (χ2n) is 7.19. The monoisotopic (exact) mass is 524 g/mol. The Morgan fingerprint density at radius 1 is 0.971 bits per heavy atom. The molecule has 7 nitrogen and oxygen atoms in total. The maximum atomic E-state index is 12.4. The average Bonchev–Trinajstić information content (AvgIpc) is 2.86. The Morgan fingerprint density at radius 2 is 1.68 bits per heavy atom. The van der Waals surface area contributed by atoms with Crippen LogP contribution in [0.3, 0.4) is 0 Å². The molecular weight excluding hydrogens is 500 g/mol. The van der Waals surface area contributed by atoms with Gasteiger partial charge < -0.3 is 14.2 Å². The largest absolute Gasteiger partial charge is 0.494 e. The third-order valence-corrected chi connectivity index (χ3v) is 5.03. The molecule has 3 aromatic rings.